The predicted octanol–water partition coefficient (Wildman–Crippen LogP) is 3.32. The van der Waals surface area contributed by atoms with Crippen LogP contribution in [-0.2, 0) is 11.3 Å². The number of benzene rings is 1. The van der Waals surface area contributed by atoms with Crippen LogP contribution in [0.15, 0.2) is 53.2 Å². The summed E-state index contributed by atoms with van der Waals surface area (Å²) in [5.74, 6) is 1.46. The second-order valence-electron chi connectivity index (χ2n) is 7.86. The van der Waals surface area contributed by atoms with Gasteiger partial charge >= 0.3 is 0 Å². The number of aryl methyl sites for hydroxylation is 1. The molecule has 7 heteroatoms. The van der Waals surface area contributed by atoms with Crippen LogP contribution >= 0.6 is 0 Å². The minimum Gasteiger partial charge on any atom is -0.351 e. The fourth-order valence-electron chi connectivity index (χ4n) is 3.74. The molecule has 1 amide bonds. The van der Waals surface area contributed by atoms with E-state index < -0.39 is 0 Å². The fraction of sp³-hybridized carbons (Fsp3) is 0.391. The summed E-state index contributed by atoms with van der Waals surface area (Å²) in [6, 6.07) is 13.7. The van der Waals surface area contributed by atoms with E-state index in [0.717, 1.165) is 31.5 Å². The number of aromatic nitrogens is 3. The highest BCUT2D eigenvalue weighted by Gasteiger charge is 2.30. The number of nitrogens with zero attached hydrogens (tertiary/aromatic N) is 4. The number of amides is 1. The first-order valence-electron chi connectivity index (χ1n) is 10.4. The molecule has 0 spiro atoms. The van der Waals surface area contributed by atoms with Crippen molar-refractivity contribution in [2.24, 2.45) is 0 Å². The number of pyridine rings is 1. The highest BCUT2D eigenvalue weighted by molar-refractivity contribution is 5.81. The second kappa shape index (κ2) is 9.17. The molecule has 1 unspecified atom stereocenters. The van der Waals surface area contributed by atoms with Gasteiger partial charge in [-0.05, 0) is 57.5 Å². The lowest BCUT2D eigenvalue weighted by Gasteiger charge is -2.34. The Bertz CT molecular complexity index is 963. The Balaban J connectivity index is 1.28. The maximum Gasteiger partial charge on any atom is 0.237 e. The van der Waals surface area contributed by atoms with Crippen molar-refractivity contribution < 1.29 is 9.32 Å². The minimum absolute atomic E-state index is 0.0595. The van der Waals surface area contributed by atoms with Crippen molar-refractivity contribution in [2.45, 2.75) is 45.2 Å². The number of hydrogen-bond donors (Lipinski definition) is 1. The molecule has 1 aromatic carbocycles. The Morgan fingerprint density at radius 1 is 1.20 bits per heavy atom. The van der Waals surface area contributed by atoms with Gasteiger partial charge in [0.2, 0.25) is 17.6 Å². The molecule has 1 atom stereocenters. The Labute approximate surface area is 176 Å². The maximum absolute atomic E-state index is 12.6. The summed E-state index contributed by atoms with van der Waals surface area (Å²) in [6.07, 6.45) is 3.49. The van der Waals surface area contributed by atoms with Crippen molar-refractivity contribution in [1.29, 1.82) is 0 Å². The van der Waals surface area contributed by atoms with E-state index in [1.54, 1.807) is 6.20 Å². The first-order valence-corrected chi connectivity index (χ1v) is 10.4. The number of piperidine rings is 1. The molecule has 30 heavy (non-hydrogen) atoms. The number of nitrogens with one attached hydrogen (secondary N) is 1. The zero-order valence-electron chi connectivity index (χ0n) is 17.4. The lowest BCUT2D eigenvalue weighted by Crippen LogP contribution is -2.47. The van der Waals surface area contributed by atoms with Crippen LogP contribution in [0.3, 0.4) is 0 Å². The van der Waals surface area contributed by atoms with Crippen molar-refractivity contribution in [2.75, 3.05) is 13.1 Å². The number of likely N-dealkylation sites (tertiary alicyclic amines) is 1. The van der Waals surface area contributed by atoms with E-state index in [0.29, 0.717) is 24.0 Å². The molecule has 2 aromatic heterocycles. The molecule has 1 N–H and O–H groups in total. The van der Waals surface area contributed by atoms with Gasteiger partial charge in [-0.15, -0.1) is 0 Å². The molecule has 4 rings (SSSR count). The van der Waals surface area contributed by atoms with Crippen molar-refractivity contribution in [3.05, 3.63) is 65.7 Å². The Morgan fingerprint density at radius 2 is 1.97 bits per heavy atom. The molecular formula is C23H27N5O2. The van der Waals surface area contributed by atoms with Gasteiger partial charge in [0.15, 0.2) is 0 Å². The van der Waals surface area contributed by atoms with Gasteiger partial charge in [0.25, 0.3) is 0 Å². The molecule has 3 aromatic rings. The van der Waals surface area contributed by atoms with E-state index in [1.165, 1.54) is 5.56 Å². The van der Waals surface area contributed by atoms with Crippen LogP contribution in [0.5, 0.6) is 0 Å². The number of rotatable bonds is 6. The van der Waals surface area contributed by atoms with Crippen molar-refractivity contribution in [3.8, 4) is 11.5 Å². The van der Waals surface area contributed by atoms with Gasteiger partial charge in [0, 0.05) is 18.7 Å². The van der Waals surface area contributed by atoms with Crippen LogP contribution in [0, 0.1) is 6.92 Å². The lowest BCUT2D eigenvalue weighted by molar-refractivity contribution is -0.126. The molecule has 1 aliphatic rings. The summed E-state index contributed by atoms with van der Waals surface area (Å²) in [5, 5.41) is 7.13. The van der Waals surface area contributed by atoms with Gasteiger partial charge in [0.05, 0.1) is 6.04 Å². The molecule has 0 aliphatic carbocycles. The second-order valence-corrected chi connectivity index (χ2v) is 7.86. The van der Waals surface area contributed by atoms with Gasteiger partial charge in [-0.1, -0.05) is 41.1 Å². The SMILES string of the molecule is Cc1ccc(CNC(=O)C(C)N2CCC(c3nc(-c4ccccn4)no3)CC2)cc1. The normalized spacial score (nSPS) is 16.3. The van der Waals surface area contributed by atoms with Gasteiger partial charge < -0.3 is 9.84 Å². The molecule has 1 fully saturated rings. The van der Waals surface area contributed by atoms with Gasteiger partial charge in [-0.25, -0.2) is 0 Å². The zero-order chi connectivity index (χ0) is 20.9. The summed E-state index contributed by atoms with van der Waals surface area (Å²) in [7, 11) is 0. The molecule has 0 saturated carbocycles. The molecular weight excluding hydrogens is 378 g/mol. The first kappa shape index (κ1) is 20.2. The average molecular weight is 406 g/mol. The molecule has 156 valence electrons. The first-order chi connectivity index (χ1) is 14.6. The number of carbonyl (C=O) groups excluding carboxylic acids is 1. The van der Waals surface area contributed by atoms with Crippen molar-refractivity contribution in [3.63, 3.8) is 0 Å². The van der Waals surface area contributed by atoms with E-state index >= 15 is 0 Å². The third kappa shape index (κ3) is 4.74. The van der Waals surface area contributed by atoms with Crippen molar-refractivity contribution >= 4 is 5.91 Å². The molecule has 7 nitrogen and oxygen atoms in total. The highest BCUT2D eigenvalue weighted by Crippen LogP contribution is 2.29. The van der Waals surface area contributed by atoms with E-state index in [-0.39, 0.29) is 17.9 Å². The molecule has 0 bridgehead atoms. The molecule has 3 heterocycles. The average Bonchev–Trinajstić information content (AvgIpc) is 3.29. The molecule has 1 aliphatic heterocycles. The van der Waals surface area contributed by atoms with Crippen LogP contribution in [0.2, 0.25) is 0 Å². The summed E-state index contributed by atoms with van der Waals surface area (Å²) < 4.78 is 5.50. The van der Waals surface area contributed by atoms with Gasteiger partial charge in [-0.2, -0.15) is 4.98 Å². The quantitative estimate of drug-likeness (QED) is 0.677. The van der Waals surface area contributed by atoms with E-state index in [4.69, 9.17) is 4.52 Å². The van der Waals surface area contributed by atoms with Crippen LogP contribution in [0.4, 0.5) is 0 Å². The highest BCUT2D eigenvalue weighted by atomic mass is 16.5. The van der Waals surface area contributed by atoms with Crippen LogP contribution in [-0.4, -0.2) is 45.1 Å². The van der Waals surface area contributed by atoms with Crippen LogP contribution in [0.25, 0.3) is 11.5 Å². The van der Waals surface area contributed by atoms with E-state index in [2.05, 4.69) is 56.5 Å². The largest absolute Gasteiger partial charge is 0.351 e. The van der Waals surface area contributed by atoms with E-state index in [9.17, 15) is 4.79 Å². The predicted molar refractivity (Wildman–Crippen MR) is 114 cm³/mol. The Morgan fingerprint density at radius 3 is 2.67 bits per heavy atom. The Kier molecular flexibility index (Phi) is 6.18. The van der Waals surface area contributed by atoms with Crippen LogP contribution < -0.4 is 5.32 Å². The summed E-state index contributed by atoms with van der Waals surface area (Å²) >= 11 is 0. The third-order valence-electron chi connectivity index (χ3n) is 5.73. The van der Waals surface area contributed by atoms with Crippen LogP contribution in [0.1, 0.15) is 42.7 Å². The number of carbonyl (C=O) groups is 1. The monoisotopic (exact) mass is 405 g/mol. The van der Waals surface area contributed by atoms with Crippen molar-refractivity contribution in [1.82, 2.24) is 25.3 Å². The third-order valence-corrected chi connectivity index (χ3v) is 5.73. The summed E-state index contributed by atoms with van der Waals surface area (Å²) in [6.45, 7) is 6.23. The number of hydrogen-bond acceptors (Lipinski definition) is 6. The molecule has 1 saturated heterocycles. The standard InChI is InChI=1S/C23H27N5O2/c1-16-6-8-18(9-7-16)15-25-22(29)17(2)28-13-10-19(11-14-28)23-26-21(27-30-23)20-5-3-4-12-24-20/h3-9,12,17,19H,10-11,13-15H2,1-2H3,(H,25,29). The van der Waals surface area contributed by atoms with E-state index in [1.807, 2.05) is 25.1 Å². The smallest absolute Gasteiger partial charge is 0.237 e. The lowest BCUT2D eigenvalue weighted by atomic mass is 9.95. The zero-order valence-corrected chi connectivity index (χ0v) is 17.4. The topological polar surface area (TPSA) is 84.2 Å². The maximum atomic E-state index is 12.6. The van der Waals surface area contributed by atoms with Gasteiger partial charge in [-0.3, -0.25) is 14.7 Å². The fourth-order valence-corrected chi connectivity index (χ4v) is 3.74. The Hall–Kier alpha value is -3.06. The minimum atomic E-state index is -0.164. The summed E-state index contributed by atoms with van der Waals surface area (Å²) in [4.78, 5) is 23.6. The van der Waals surface area contributed by atoms with Gasteiger partial charge in [0.1, 0.15) is 5.69 Å². The summed E-state index contributed by atoms with van der Waals surface area (Å²) in [5.41, 5.74) is 3.04. The molecule has 0 radical (unpaired) electrons.